The highest BCUT2D eigenvalue weighted by Crippen LogP contribution is 2.25. The van der Waals surface area contributed by atoms with Gasteiger partial charge in [0.2, 0.25) is 5.91 Å². The van der Waals surface area contributed by atoms with Gasteiger partial charge in [-0.25, -0.2) is 0 Å². The van der Waals surface area contributed by atoms with Crippen molar-refractivity contribution < 1.29 is 4.79 Å². The molecule has 0 unspecified atom stereocenters. The summed E-state index contributed by atoms with van der Waals surface area (Å²) in [5, 5.41) is 2.83. The predicted molar refractivity (Wildman–Crippen MR) is 64.3 cm³/mol. The molecule has 0 spiro atoms. The number of nitrogens with zero attached hydrogens (tertiary/aromatic N) is 1. The van der Waals surface area contributed by atoms with Crippen molar-refractivity contribution in [3.8, 4) is 0 Å². The number of nitrogens with two attached hydrogens (primary N) is 1. The van der Waals surface area contributed by atoms with Gasteiger partial charge in [0.05, 0.1) is 6.54 Å². The first-order valence-corrected chi connectivity index (χ1v) is 5.52. The van der Waals surface area contributed by atoms with E-state index in [1.807, 2.05) is 12.1 Å². The van der Waals surface area contributed by atoms with Crippen LogP contribution in [0.5, 0.6) is 0 Å². The van der Waals surface area contributed by atoms with E-state index in [0.29, 0.717) is 19.6 Å². The summed E-state index contributed by atoms with van der Waals surface area (Å²) in [6, 6.07) is 6.08. The first kappa shape index (κ1) is 11.0. The van der Waals surface area contributed by atoms with E-state index in [0.717, 1.165) is 17.8 Å². The number of nitrogens with one attached hydrogen (secondary N) is 1. The Morgan fingerprint density at radius 2 is 2.31 bits per heavy atom. The van der Waals surface area contributed by atoms with Crippen molar-refractivity contribution in [1.29, 1.82) is 0 Å². The first-order chi connectivity index (χ1) is 7.72. The van der Waals surface area contributed by atoms with Crippen LogP contribution in [-0.4, -0.2) is 25.5 Å². The van der Waals surface area contributed by atoms with E-state index in [-0.39, 0.29) is 5.91 Å². The van der Waals surface area contributed by atoms with E-state index in [2.05, 4.69) is 23.2 Å². The second kappa shape index (κ2) is 4.53. The molecule has 1 aromatic carbocycles. The molecule has 1 saturated heterocycles. The Balaban J connectivity index is 2.34. The summed E-state index contributed by atoms with van der Waals surface area (Å²) in [7, 11) is 0. The Bertz CT molecular complexity index is 403. The van der Waals surface area contributed by atoms with Crippen molar-refractivity contribution >= 4 is 11.6 Å². The van der Waals surface area contributed by atoms with Gasteiger partial charge in [-0.2, -0.15) is 0 Å². The average Bonchev–Trinajstić information content (AvgIpc) is 2.28. The highest BCUT2D eigenvalue weighted by Gasteiger charge is 2.19. The number of carbonyl (C=O) groups is 1. The zero-order valence-electron chi connectivity index (χ0n) is 9.49. The third kappa shape index (κ3) is 2.02. The molecule has 0 saturated carbocycles. The van der Waals surface area contributed by atoms with Gasteiger partial charge >= 0.3 is 0 Å². The zero-order valence-corrected chi connectivity index (χ0v) is 9.49. The van der Waals surface area contributed by atoms with Crippen LogP contribution in [0.4, 0.5) is 5.69 Å². The van der Waals surface area contributed by atoms with Crippen molar-refractivity contribution in [3.63, 3.8) is 0 Å². The van der Waals surface area contributed by atoms with Crippen molar-refractivity contribution in [2.45, 2.75) is 13.5 Å². The lowest BCUT2D eigenvalue weighted by molar-refractivity contribution is -0.120. The number of hydrogen-bond acceptors (Lipinski definition) is 3. The van der Waals surface area contributed by atoms with Crippen LogP contribution >= 0.6 is 0 Å². The van der Waals surface area contributed by atoms with Gasteiger partial charge in [0.25, 0.3) is 0 Å². The fourth-order valence-electron chi connectivity index (χ4n) is 2.17. The summed E-state index contributed by atoms with van der Waals surface area (Å²) in [4.78, 5) is 13.5. The van der Waals surface area contributed by atoms with Gasteiger partial charge < -0.3 is 16.0 Å². The van der Waals surface area contributed by atoms with Crippen molar-refractivity contribution in [1.82, 2.24) is 5.32 Å². The summed E-state index contributed by atoms with van der Waals surface area (Å²) in [6.07, 6.45) is 0. The molecule has 16 heavy (non-hydrogen) atoms. The number of rotatable bonds is 2. The average molecular weight is 219 g/mol. The van der Waals surface area contributed by atoms with Crippen LogP contribution < -0.4 is 16.0 Å². The molecule has 1 heterocycles. The molecule has 0 aromatic heterocycles. The molecule has 0 aliphatic carbocycles. The SMILES string of the molecule is Cc1cccc(CN)c1N1CCNC(=O)C1. The lowest BCUT2D eigenvalue weighted by atomic mass is 10.1. The minimum absolute atomic E-state index is 0.0810. The summed E-state index contributed by atoms with van der Waals surface area (Å²) in [5.74, 6) is 0.0810. The van der Waals surface area contributed by atoms with Gasteiger partial charge in [-0.15, -0.1) is 0 Å². The van der Waals surface area contributed by atoms with Crippen LogP contribution in [0.25, 0.3) is 0 Å². The number of anilines is 1. The molecule has 1 aliphatic rings. The van der Waals surface area contributed by atoms with Gasteiger partial charge in [0, 0.05) is 25.3 Å². The molecule has 4 nitrogen and oxygen atoms in total. The molecule has 0 bridgehead atoms. The summed E-state index contributed by atoms with van der Waals surface area (Å²) < 4.78 is 0. The maximum absolute atomic E-state index is 11.4. The highest BCUT2D eigenvalue weighted by atomic mass is 16.2. The van der Waals surface area contributed by atoms with Gasteiger partial charge in [-0.1, -0.05) is 18.2 Å². The zero-order chi connectivity index (χ0) is 11.5. The Hall–Kier alpha value is -1.55. The van der Waals surface area contributed by atoms with Gasteiger partial charge in [-0.05, 0) is 18.1 Å². The number of piperazine rings is 1. The molecule has 3 N–H and O–H groups in total. The maximum atomic E-state index is 11.4. The molecule has 1 amide bonds. The third-order valence-corrected chi connectivity index (χ3v) is 2.90. The van der Waals surface area contributed by atoms with Crippen molar-refractivity contribution in [3.05, 3.63) is 29.3 Å². The van der Waals surface area contributed by atoms with Crippen molar-refractivity contribution in [2.75, 3.05) is 24.5 Å². The molecule has 0 radical (unpaired) electrons. The Morgan fingerprint density at radius 1 is 1.50 bits per heavy atom. The van der Waals surface area contributed by atoms with Crippen molar-refractivity contribution in [2.24, 2.45) is 5.73 Å². The molecule has 1 fully saturated rings. The van der Waals surface area contributed by atoms with Crippen LogP contribution in [0.15, 0.2) is 18.2 Å². The Morgan fingerprint density at radius 3 is 3.00 bits per heavy atom. The van der Waals surface area contributed by atoms with Gasteiger partial charge in [-0.3, -0.25) is 4.79 Å². The Labute approximate surface area is 95.4 Å². The number of amides is 1. The van der Waals surface area contributed by atoms with Gasteiger partial charge in [0.15, 0.2) is 0 Å². The van der Waals surface area contributed by atoms with Gasteiger partial charge in [0.1, 0.15) is 0 Å². The standard InChI is InChI=1S/C12H17N3O/c1-9-3-2-4-10(7-13)12(9)15-6-5-14-11(16)8-15/h2-4H,5-8,13H2,1H3,(H,14,16). The second-order valence-corrected chi connectivity index (χ2v) is 4.06. The Kier molecular flexibility index (Phi) is 3.10. The van der Waals surface area contributed by atoms with Crippen LogP contribution in [0.3, 0.4) is 0 Å². The number of para-hydroxylation sites is 1. The second-order valence-electron chi connectivity index (χ2n) is 4.06. The molecule has 4 heteroatoms. The molecule has 86 valence electrons. The fourth-order valence-corrected chi connectivity index (χ4v) is 2.17. The third-order valence-electron chi connectivity index (χ3n) is 2.90. The predicted octanol–water partition coefficient (Wildman–Crippen LogP) is 0.390. The van der Waals surface area contributed by atoms with E-state index in [9.17, 15) is 4.79 Å². The molecular weight excluding hydrogens is 202 g/mol. The first-order valence-electron chi connectivity index (χ1n) is 5.52. The van der Waals surface area contributed by atoms with Crippen LogP contribution in [0, 0.1) is 6.92 Å². The van der Waals surface area contributed by atoms with Crippen LogP contribution in [0.1, 0.15) is 11.1 Å². The quantitative estimate of drug-likeness (QED) is 0.756. The molecule has 1 aliphatic heterocycles. The largest absolute Gasteiger partial charge is 0.360 e. The number of aryl methyl sites for hydroxylation is 1. The van der Waals surface area contributed by atoms with Crippen LogP contribution in [-0.2, 0) is 11.3 Å². The fraction of sp³-hybridized carbons (Fsp3) is 0.417. The lowest BCUT2D eigenvalue weighted by Crippen LogP contribution is -2.48. The molecule has 2 rings (SSSR count). The molecular formula is C12H17N3O. The number of carbonyl (C=O) groups excluding carboxylic acids is 1. The lowest BCUT2D eigenvalue weighted by Gasteiger charge is -2.31. The van der Waals surface area contributed by atoms with E-state index in [1.54, 1.807) is 0 Å². The number of benzene rings is 1. The maximum Gasteiger partial charge on any atom is 0.239 e. The van der Waals surface area contributed by atoms with E-state index >= 15 is 0 Å². The monoisotopic (exact) mass is 219 g/mol. The van der Waals surface area contributed by atoms with E-state index in [4.69, 9.17) is 5.73 Å². The normalized spacial score (nSPS) is 16.1. The topological polar surface area (TPSA) is 58.4 Å². The minimum Gasteiger partial charge on any atom is -0.360 e. The van der Waals surface area contributed by atoms with Crippen LogP contribution in [0.2, 0.25) is 0 Å². The molecule has 0 atom stereocenters. The minimum atomic E-state index is 0.0810. The smallest absolute Gasteiger partial charge is 0.239 e. The number of hydrogen-bond donors (Lipinski definition) is 2. The van der Waals surface area contributed by atoms with E-state index in [1.165, 1.54) is 5.56 Å². The van der Waals surface area contributed by atoms with E-state index < -0.39 is 0 Å². The molecule has 1 aromatic rings. The summed E-state index contributed by atoms with van der Waals surface area (Å²) in [6.45, 7) is 4.55. The summed E-state index contributed by atoms with van der Waals surface area (Å²) in [5.41, 5.74) is 9.14. The highest BCUT2D eigenvalue weighted by molar-refractivity contribution is 5.83. The summed E-state index contributed by atoms with van der Waals surface area (Å²) >= 11 is 0.